The third-order valence-corrected chi connectivity index (χ3v) is 2.91. The maximum Gasteiger partial charge on any atom is 0.137 e. The summed E-state index contributed by atoms with van der Waals surface area (Å²) in [5, 5.41) is 9.86. The van der Waals surface area contributed by atoms with Crippen LogP contribution in [0.1, 0.15) is 31.7 Å². The second-order valence-electron chi connectivity index (χ2n) is 3.22. The lowest BCUT2D eigenvalue weighted by molar-refractivity contribution is 0.152. The van der Waals surface area contributed by atoms with E-state index in [9.17, 15) is 5.11 Å². The predicted molar refractivity (Wildman–Crippen MR) is 60.5 cm³/mol. The van der Waals surface area contributed by atoms with Crippen LogP contribution in [0.2, 0.25) is 0 Å². The molecule has 1 unspecified atom stereocenters. The molecule has 0 saturated carbocycles. The number of aromatic nitrogens is 2. The van der Waals surface area contributed by atoms with Crippen LogP contribution in [-0.4, -0.2) is 26.7 Å². The van der Waals surface area contributed by atoms with Crippen LogP contribution in [-0.2, 0) is 6.54 Å². The molecule has 1 aromatic heterocycles. The number of aliphatic hydroxyl groups excluding tert-OH is 1. The van der Waals surface area contributed by atoms with Gasteiger partial charge in [0.1, 0.15) is 11.9 Å². The Hall–Kier alpha value is -0.480. The highest BCUT2D eigenvalue weighted by molar-refractivity contribution is 7.98. The van der Waals surface area contributed by atoms with Crippen LogP contribution in [0.25, 0.3) is 0 Å². The Bertz CT molecular complexity index is 262. The average Bonchev–Trinajstić information content (AvgIpc) is 2.65. The summed E-state index contributed by atoms with van der Waals surface area (Å²) in [6.07, 6.45) is 7.18. The summed E-state index contributed by atoms with van der Waals surface area (Å²) in [4.78, 5) is 4.17. The molecule has 1 heterocycles. The van der Waals surface area contributed by atoms with Gasteiger partial charge in [-0.3, -0.25) is 0 Å². The number of hydrogen-bond donors (Lipinski definition) is 1. The molecule has 1 N–H and O–H groups in total. The second kappa shape index (κ2) is 6.09. The molecule has 4 heteroatoms. The molecular formula is C10H18N2OS. The predicted octanol–water partition coefficient (Wildman–Crippen LogP) is 2.08. The van der Waals surface area contributed by atoms with Crippen molar-refractivity contribution in [2.24, 2.45) is 0 Å². The van der Waals surface area contributed by atoms with Gasteiger partial charge in [-0.2, -0.15) is 11.8 Å². The van der Waals surface area contributed by atoms with Crippen molar-refractivity contribution in [3.05, 3.63) is 18.2 Å². The van der Waals surface area contributed by atoms with Gasteiger partial charge in [0.15, 0.2) is 0 Å². The number of rotatable bonds is 6. The molecule has 0 radical (unpaired) electrons. The fourth-order valence-corrected chi connectivity index (χ4v) is 1.89. The van der Waals surface area contributed by atoms with Gasteiger partial charge < -0.3 is 9.67 Å². The standard InChI is InChI=1S/C10H18N2OS/c1-3-12-7-6-11-10(12)9(13)5-4-8-14-2/h6-7,9,13H,3-5,8H2,1-2H3. The zero-order valence-electron chi connectivity index (χ0n) is 8.81. The molecule has 0 aliphatic heterocycles. The number of hydrogen-bond acceptors (Lipinski definition) is 3. The van der Waals surface area contributed by atoms with E-state index in [0.717, 1.165) is 31.0 Å². The van der Waals surface area contributed by atoms with Crippen LogP contribution < -0.4 is 0 Å². The molecule has 0 saturated heterocycles. The van der Waals surface area contributed by atoms with E-state index in [0.29, 0.717) is 0 Å². The molecule has 0 aromatic carbocycles. The number of imidazole rings is 1. The molecule has 0 spiro atoms. The first-order chi connectivity index (χ1) is 6.79. The van der Waals surface area contributed by atoms with Gasteiger partial charge in [0, 0.05) is 18.9 Å². The van der Waals surface area contributed by atoms with Crippen molar-refractivity contribution in [3.63, 3.8) is 0 Å². The molecular weight excluding hydrogens is 196 g/mol. The average molecular weight is 214 g/mol. The van der Waals surface area contributed by atoms with Gasteiger partial charge >= 0.3 is 0 Å². The highest BCUT2D eigenvalue weighted by Crippen LogP contribution is 2.17. The molecule has 80 valence electrons. The molecule has 1 atom stereocenters. The van der Waals surface area contributed by atoms with Crippen LogP contribution in [0.4, 0.5) is 0 Å². The van der Waals surface area contributed by atoms with Crippen LogP contribution in [0.3, 0.4) is 0 Å². The smallest absolute Gasteiger partial charge is 0.137 e. The normalized spacial score (nSPS) is 13.1. The van der Waals surface area contributed by atoms with Crippen LogP contribution in [0, 0.1) is 0 Å². The third-order valence-electron chi connectivity index (χ3n) is 2.21. The Morgan fingerprint density at radius 2 is 2.43 bits per heavy atom. The lowest BCUT2D eigenvalue weighted by Crippen LogP contribution is -2.07. The molecule has 0 fully saturated rings. The van der Waals surface area contributed by atoms with Crippen molar-refractivity contribution >= 4 is 11.8 Å². The number of aliphatic hydroxyl groups is 1. The number of thioether (sulfide) groups is 1. The summed E-state index contributed by atoms with van der Waals surface area (Å²) >= 11 is 1.81. The summed E-state index contributed by atoms with van der Waals surface area (Å²) in [6.45, 7) is 2.93. The van der Waals surface area contributed by atoms with Crippen molar-refractivity contribution in [2.45, 2.75) is 32.4 Å². The molecule has 0 bridgehead atoms. The Morgan fingerprint density at radius 1 is 1.64 bits per heavy atom. The second-order valence-corrected chi connectivity index (χ2v) is 4.21. The Labute approximate surface area is 89.5 Å². The van der Waals surface area contributed by atoms with Gasteiger partial charge in [0.05, 0.1) is 0 Å². The maximum absolute atomic E-state index is 9.86. The first-order valence-corrected chi connectivity index (χ1v) is 6.37. The number of nitrogens with zero attached hydrogens (tertiary/aromatic N) is 2. The van der Waals surface area contributed by atoms with Crippen molar-refractivity contribution < 1.29 is 5.11 Å². The van der Waals surface area contributed by atoms with E-state index in [1.54, 1.807) is 6.20 Å². The Morgan fingerprint density at radius 3 is 3.07 bits per heavy atom. The van der Waals surface area contributed by atoms with Gasteiger partial charge in [0.2, 0.25) is 0 Å². The van der Waals surface area contributed by atoms with E-state index in [4.69, 9.17) is 0 Å². The first-order valence-electron chi connectivity index (χ1n) is 4.97. The minimum Gasteiger partial charge on any atom is -0.385 e. The van der Waals surface area contributed by atoms with E-state index in [1.807, 2.05) is 22.5 Å². The van der Waals surface area contributed by atoms with E-state index < -0.39 is 6.10 Å². The molecule has 1 aromatic rings. The van der Waals surface area contributed by atoms with E-state index in [1.165, 1.54) is 0 Å². The van der Waals surface area contributed by atoms with Gasteiger partial charge in [-0.05, 0) is 31.8 Å². The largest absolute Gasteiger partial charge is 0.385 e. The minimum absolute atomic E-state index is 0.405. The summed E-state index contributed by atoms with van der Waals surface area (Å²) in [5.41, 5.74) is 0. The zero-order chi connectivity index (χ0) is 10.4. The van der Waals surface area contributed by atoms with Crippen LogP contribution >= 0.6 is 11.8 Å². The molecule has 0 aliphatic carbocycles. The molecule has 0 aliphatic rings. The number of aryl methyl sites for hydroxylation is 1. The van der Waals surface area contributed by atoms with Crippen LogP contribution in [0.15, 0.2) is 12.4 Å². The Balaban J connectivity index is 2.47. The van der Waals surface area contributed by atoms with Crippen LogP contribution in [0.5, 0.6) is 0 Å². The lowest BCUT2D eigenvalue weighted by Gasteiger charge is -2.11. The van der Waals surface area contributed by atoms with E-state index in [2.05, 4.69) is 18.2 Å². The highest BCUT2D eigenvalue weighted by Gasteiger charge is 2.12. The van der Waals surface area contributed by atoms with Gasteiger partial charge in [-0.15, -0.1) is 0 Å². The summed E-state index contributed by atoms with van der Waals surface area (Å²) in [7, 11) is 0. The van der Waals surface area contributed by atoms with Crippen molar-refractivity contribution in [3.8, 4) is 0 Å². The zero-order valence-corrected chi connectivity index (χ0v) is 9.63. The monoisotopic (exact) mass is 214 g/mol. The third kappa shape index (κ3) is 3.03. The van der Waals surface area contributed by atoms with Gasteiger partial charge in [0.25, 0.3) is 0 Å². The lowest BCUT2D eigenvalue weighted by atomic mass is 10.2. The summed E-state index contributed by atoms with van der Waals surface area (Å²) < 4.78 is 1.99. The minimum atomic E-state index is -0.405. The fourth-order valence-electron chi connectivity index (χ4n) is 1.44. The summed E-state index contributed by atoms with van der Waals surface area (Å²) in [5.74, 6) is 1.90. The first kappa shape index (κ1) is 11.6. The molecule has 0 amide bonds. The summed E-state index contributed by atoms with van der Waals surface area (Å²) in [6, 6.07) is 0. The maximum atomic E-state index is 9.86. The van der Waals surface area contributed by atoms with Crippen molar-refractivity contribution in [1.29, 1.82) is 0 Å². The van der Waals surface area contributed by atoms with Crippen molar-refractivity contribution in [2.75, 3.05) is 12.0 Å². The molecule has 3 nitrogen and oxygen atoms in total. The van der Waals surface area contributed by atoms with E-state index in [-0.39, 0.29) is 0 Å². The quantitative estimate of drug-likeness (QED) is 0.737. The topological polar surface area (TPSA) is 38.0 Å². The van der Waals surface area contributed by atoms with Gasteiger partial charge in [-0.25, -0.2) is 4.98 Å². The van der Waals surface area contributed by atoms with E-state index >= 15 is 0 Å². The van der Waals surface area contributed by atoms with Gasteiger partial charge in [-0.1, -0.05) is 0 Å². The molecule has 1 rings (SSSR count). The Kier molecular flexibility index (Phi) is 5.04. The molecule has 14 heavy (non-hydrogen) atoms. The van der Waals surface area contributed by atoms with Crippen molar-refractivity contribution in [1.82, 2.24) is 9.55 Å². The fraction of sp³-hybridized carbons (Fsp3) is 0.700. The highest BCUT2D eigenvalue weighted by atomic mass is 32.2. The SMILES string of the molecule is CCn1ccnc1C(O)CCCSC.